The summed E-state index contributed by atoms with van der Waals surface area (Å²) in [5, 5.41) is 0.491. The lowest BCUT2D eigenvalue weighted by atomic mass is 9.77. The molecular weight excluding hydrogens is 527 g/mol. The van der Waals surface area contributed by atoms with Crippen LogP contribution < -0.4 is 4.74 Å². The van der Waals surface area contributed by atoms with Crippen LogP contribution in [-0.4, -0.2) is 35.8 Å². The van der Waals surface area contributed by atoms with E-state index in [9.17, 15) is 13.2 Å². The zero-order chi connectivity index (χ0) is 27.7. The van der Waals surface area contributed by atoms with Crippen LogP contribution in [0.4, 0.5) is 22.0 Å². The van der Waals surface area contributed by atoms with Gasteiger partial charge in [0.1, 0.15) is 0 Å². The minimum atomic E-state index is -3.79. The summed E-state index contributed by atoms with van der Waals surface area (Å²) in [6.45, 7) is 4.37. The van der Waals surface area contributed by atoms with Crippen molar-refractivity contribution in [3.63, 3.8) is 0 Å². The largest absolute Gasteiger partial charge is 0.490 e. The van der Waals surface area contributed by atoms with E-state index in [2.05, 4.69) is 11.9 Å². The highest BCUT2D eigenvalue weighted by atomic mass is 35.5. The normalized spacial score (nSPS) is 21.3. The molecule has 0 bridgehead atoms. The van der Waals surface area contributed by atoms with Gasteiger partial charge < -0.3 is 4.74 Å². The van der Waals surface area contributed by atoms with Gasteiger partial charge in [0, 0.05) is 6.20 Å². The SMILES string of the molecule is CCCCCCCCOc1cc2c(c(F)c1F)C(F)(F)C(C1=NC(F)N(OCC(Cl)CCCC)C=C1)CC2. The summed E-state index contributed by atoms with van der Waals surface area (Å²) in [7, 11) is 0. The minimum Gasteiger partial charge on any atom is -0.490 e. The second-order valence-corrected chi connectivity index (χ2v) is 10.6. The summed E-state index contributed by atoms with van der Waals surface area (Å²) in [6, 6.07) is 1.17. The van der Waals surface area contributed by atoms with E-state index in [-0.39, 0.29) is 48.5 Å². The Balaban J connectivity index is 1.65. The summed E-state index contributed by atoms with van der Waals surface area (Å²) >= 11 is 6.15. The lowest BCUT2D eigenvalue weighted by Gasteiger charge is -2.35. The van der Waals surface area contributed by atoms with E-state index in [0.717, 1.165) is 50.0 Å². The summed E-state index contributed by atoms with van der Waals surface area (Å²) < 4.78 is 80.9. The second kappa shape index (κ2) is 14.5. The maximum Gasteiger partial charge on any atom is 0.288 e. The Morgan fingerprint density at radius 1 is 1.08 bits per heavy atom. The van der Waals surface area contributed by atoms with Gasteiger partial charge in [-0.15, -0.1) is 11.6 Å². The Labute approximate surface area is 227 Å². The monoisotopic (exact) mass is 564 g/mol. The molecule has 0 N–H and O–H groups in total. The molecule has 214 valence electrons. The fourth-order valence-electron chi connectivity index (χ4n) is 4.80. The van der Waals surface area contributed by atoms with Gasteiger partial charge in [0.15, 0.2) is 11.6 Å². The Bertz CT molecular complexity index is 975. The van der Waals surface area contributed by atoms with Gasteiger partial charge in [-0.1, -0.05) is 58.8 Å². The number of halogens is 6. The van der Waals surface area contributed by atoms with Gasteiger partial charge in [0.2, 0.25) is 5.82 Å². The van der Waals surface area contributed by atoms with Crippen LogP contribution in [0.1, 0.15) is 89.2 Å². The predicted octanol–water partition coefficient (Wildman–Crippen LogP) is 8.61. The molecule has 1 heterocycles. The molecule has 0 saturated carbocycles. The smallest absolute Gasteiger partial charge is 0.288 e. The third-order valence-corrected chi connectivity index (χ3v) is 7.32. The van der Waals surface area contributed by atoms with Gasteiger partial charge >= 0.3 is 0 Å². The van der Waals surface area contributed by atoms with Crippen molar-refractivity contribution in [3.8, 4) is 5.75 Å². The molecule has 1 aliphatic heterocycles. The van der Waals surface area contributed by atoms with E-state index in [0.29, 0.717) is 12.8 Å². The quantitative estimate of drug-likeness (QED) is 0.0925. The van der Waals surface area contributed by atoms with E-state index >= 15 is 8.78 Å². The number of aliphatic imine (C=N–C) groups is 1. The number of fused-ring (bicyclic) bond motifs is 1. The lowest BCUT2D eigenvalue weighted by Crippen LogP contribution is -2.41. The summed E-state index contributed by atoms with van der Waals surface area (Å²) in [4.78, 5) is 9.07. The second-order valence-electron chi connectivity index (χ2n) is 9.94. The molecule has 0 aromatic heterocycles. The topological polar surface area (TPSA) is 34.1 Å². The molecule has 2 aliphatic rings. The molecule has 1 aliphatic carbocycles. The lowest BCUT2D eigenvalue weighted by molar-refractivity contribution is -0.180. The summed E-state index contributed by atoms with van der Waals surface area (Å²) in [5.41, 5.74) is -1.25. The number of hydrogen-bond acceptors (Lipinski definition) is 4. The molecule has 38 heavy (non-hydrogen) atoms. The van der Waals surface area contributed by atoms with Crippen LogP contribution in [0.25, 0.3) is 0 Å². The van der Waals surface area contributed by atoms with Crippen molar-refractivity contribution >= 4 is 17.3 Å². The first-order valence-corrected chi connectivity index (χ1v) is 14.1. The van der Waals surface area contributed by atoms with Gasteiger partial charge in [-0.2, -0.15) is 8.78 Å². The molecule has 4 nitrogen and oxygen atoms in total. The minimum absolute atomic E-state index is 0.00882. The maximum absolute atomic E-state index is 15.5. The number of alkyl halides is 4. The molecule has 3 rings (SSSR count). The van der Waals surface area contributed by atoms with E-state index in [1.165, 1.54) is 18.3 Å². The third kappa shape index (κ3) is 7.62. The highest BCUT2D eigenvalue weighted by Crippen LogP contribution is 2.48. The fraction of sp³-hybridized carbons (Fsp3) is 0.679. The molecule has 0 saturated heterocycles. The molecule has 0 radical (unpaired) electrons. The summed E-state index contributed by atoms with van der Waals surface area (Å²) in [5.74, 6) is -8.81. The van der Waals surface area contributed by atoms with E-state index < -0.39 is 35.5 Å². The van der Waals surface area contributed by atoms with Crippen LogP contribution in [0.5, 0.6) is 5.75 Å². The average Bonchev–Trinajstić information content (AvgIpc) is 2.88. The van der Waals surface area contributed by atoms with Gasteiger partial charge in [0.05, 0.1) is 35.8 Å². The molecule has 1 aromatic rings. The number of benzene rings is 1. The standard InChI is InChI=1S/C28H38ClF5N2O2/c1-3-5-7-8-9-10-16-37-23-17-19-12-13-21(28(33,34)24(19)26(31)25(23)30)22-14-15-36(27(32)35-22)38-18-20(29)11-6-4-2/h14-15,17,20-21,27H,3-13,16,18H2,1-2H3. The van der Waals surface area contributed by atoms with Crippen molar-refractivity contribution in [2.24, 2.45) is 10.9 Å². The van der Waals surface area contributed by atoms with Crippen LogP contribution in [0.3, 0.4) is 0 Å². The van der Waals surface area contributed by atoms with Crippen LogP contribution >= 0.6 is 11.6 Å². The molecule has 10 heteroatoms. The maximum atomic E-state index is 15.5. The number of nitrogens with zero attached hydrogens (tertiary/aromatic N) is 2. The Morgan fingerprint density at radius 3 is 2.50 bits per heavy atom. The Hall–Kier alpha value is -1.87. The number of rotatable bonds is 15. The first-order valence-electron chi connectivity index (χ1n) is 13.7. The van der Waals surface area contributed by atoms with Gasteiger partial charge in [-0.25, -0.2) is 23.2 Å². The number of ether oxygens (including phenoxy) is 1. The van der Waals surface area contributed by atoms with Crippen molar-refractivity contribution < 1.29 is 31.5 Å². The summed E-state index contributed by atoms with van der Waals surface area (Å²) in [6.07, 6.45) is 8.82. The molecule has 3 unspecified atom stereocenters. The number of allylic oxidation sites excluding steroid dienone is 1. The van der Waals surface area contributed by atoms with Crippen LogP contribution in [0.2, 0.25) is 0 Å². The van der Waals surface area contributed by atoms with Crippen molar-refractivity contribution in [2.75, 3.05) is 13.2 Å². The molecule has 0 amide bonds. The third-order valence-electron chi connectivity index (χ3n) is 6.97. The van der Waals surface area contributed by atoms with Crippen LogP contribution in [0.15, 0.2) is 23.3 Å². The molecule has 0 fully saturated rings. The van der Waals surface area contributed by atoms with Crippen molar-refractivity contribution in [3.05, 3.63) is 41.1 Å². The molecule has 1 aromatic carbocycles. The van der Waals surface area contributed by atoms with Gasteiger partial charge in [-0.3, -0.25) is 4.84 Å². The zero-order valence-electron chi connectivity index (χ0n) is 22.1. The van der Waals surface area contributed by atoms with Crippen molar-refractivity contribution in [2.45, 2.75) is 102 Å². The van der Waals surface area contributed by atoms with Gasteiger partial charge in [-0.05, 0) is 43.4 Å². The Kier molecular flexibility index (Phi) is 11.7. The van der Waals surface area contributed by atoms with Crippen LogP contribution in [0, 0.1) is 17.6 Å². The predicted molar refractivity (Wildman–Crippen MR) is 139 cm³/mol. The van der Waals surface area contributed by atoms with E-state index in [4.69, 9.17) is 21.2 Å². The molecular formula is C28H38ClF5N2O2. The molecule has 3 atom stereocenters. The number of hydrogen-bond donors (Lipinski definition) is 0. The van der Waals surface area contributed by atoms with E-state index in [1.807, 2.05) is 6.92 Å². The van der Waals surface area contributed by atoms with Gasteiger partial charge in [0.25, 0.3) is 12.3 Å². The molecule has 0 spiro atoms. The average molecular weight is 565 g/mol. The zero-order valence-corrected chi connectivity index (χ0v) is 22.9. The van der Waals surface area contributed by atoms with Crippen molar-refractivity contribution in [1.29, 1.82) is 0 Å². The highest BCUT2D eigenvalue weighted by Gasteiger charge is 2.51. The fourth-order valence-corrected chi connectivity index (χ4v) is 5.01. The first-order chi connectivity index (χ1) is 18.2. The number of hydroxylamine groups is 2. The van der Waals surface area contributed by atoms with E-state index in [1.54, 1.807) is 0 Å². The van der Waals surface area contributed by atoms with Crippen LogP contribution in [-0.2, 0) is 17.2 Å². The highest BCUT2D eigenvalue weighted by molar-refractivity contribution is 6.20. The first kappa shape index (κ1) is 30.7. The van der Waals surface area contributed by atoms with Crippen molar-refractivity contribution in [1.82, 2.24) is 5.06 Å². The number of aryl methyl sites for hydroxylation is 1. The number of unbranched alkanes of at least 4 members (excludes halogenated alkanes) is 6. The Morgan fingerprint density at radius 2 is 1.79 bits per heavy atom.